The maximum Gasteiger partial charge on any atom is 0.525 e. The summed E-state index contributed by atoms with van der Waals surface area (Å²) in [6, 6.07) is 16.2. The van der Waals surface area contributed by atoms with Crippen molar-refractivity contribution >= 4 is 23.2 Å². The number of hydrogen-bond donors (Lipinski definition) is 0. The minimum absolute atomic E-state index is 0.0117. The predicted octanol–water partition coefficient (Wildman–Crippen LogP) is 7.21. The minimum atomic E-state index is -4.93. The van der Waals surface area contributed by atoms with Crippen molar-refractivity contribution in [3.05, 3.63) is 88.2 Å². The summed E-state index contributed by atoms with van der Waals surface area (Å²) in [7, 11) is 1.60. The Morgan fingerprint density at radius 2 is 1.68 bits per heavy atom. The van der Waals surface area contributed by atoms with E-state index in [-0.39, 0.29) is 32.7 Å². The fraction of sp³-hybridized carbons (Fsp3) is 0.130. The minimum Gasteiger partial charge on any atom is -0.459 e. The fourth-order valence-electron chi connectivity index (χ4n) is 3.20. The first-order valence-corrected chi connectivity index (χ1v) is 10.5. The van der Waals surface area contributed by atoms with Crippen LogP contribution in [0.3, 0.4) is 0 Å². The van der Waals surface area contributed by atoms with Crippen molar-refractivity contribution in [2.75, 3.05) is 0 Å². The van der Waals surface area contributed by atoms with Gasteiger partial charge in [-0.2, -0.15) is 5.10 Å². The quantitative estimate of drug-likeness (QED) is 0.202. The number of hydrogen-bond acceptors (Lipinski definition) is 4. The van der Waals surface area contributed by atoms with Gasteiger partial charge >= 0.3 is 6.36 Å². The summed E-state index contributed by atoms with van der Waals surface area (Å²) < 4.78 is 64.1. The van der Waals surface area contributed by atoms with Crippen LogP contribution < -0.4 is 4.74 Å². The first kappa shape index (κ1) is 24.0. The van der Waals surface area contributed by atoms with E-state index in [1.807, 2.05) is 0 Å². The van der Waals surface area contributed by atoms with E-state index in [4.69, 9.17) is 27.9 Å². The number of halogens is 6. The third-order valence-electron chi connectivity index (χ3n) is 4.69. The Balaban J connectivity index is 1.64. The molecular weight excluding hydrogens is 497 g/mol. The molecule has 1 aromatic heterocycles. The van der Waals surface area contributed by atoms with E-state index < -0.39 is 18.5 Å². The lowest BCUT2D eigenvalue weighted by Crippen LogP contribution is -2.22. The second kappa shape index (κ2) is 9.61. The van der Waals surface area contributed by atoms with E-state index in [1.54, 1.807) is 25.2 Å². The van der Waals surface area contributed by atoms with E-state index in [1.165, 1.54) is 53.2 Å². The molecule has 0 N–H and O–H groups in total. The second-order valence-corrected chi connectivity index (χ2v) is 7.86. The summed E-state index contributed by atoms with van der Waals surface area (Å²) in [5.74, 6) is -0.222. The normalized spacial score (nSPS) is 12.6. The van der Waals surface area contributed by atoms with Crippen LogP contribution in [0.25, 0.3) is 22.8 Å². The number of nitrogens with zero attached hydrogens (tertiary/aromatic N) is 3. The molecule has 0 saturated carbocycles. The van der Waals surface area contributed by atoms with E-state index in [0.717, 1.165) is 0 Å². The Kier molecular flexibility index (Phi) is 6.79. The lowest BCUT2D eigenvalue weighted by Gasteiger charge is -2.21. The first-order chi connectivity index (χ1) is 16.1. The smallest absolute Gasteiger partial charge is 0.459 e. The number of alkyl halides is 3. The average molecular weight is 512 g/mol. The average Bonchev–Trinajstić information content (AvgIpc) is 3.15. The molecule has 0 fully saturated rings. The summed E-state index contributed by atoms with van der Waals surface area (Å²) >= 11 is 12.4. The summed E-state index contributed by atoms with van der Waals surface area (Å²) in [6.07, 6.45) is -6.70. The highest BCUT2D eigenvalue weighted by atomic mass is 35.5. The molecule has 0 aliphatic carbocycles. The lowest BCUT2D eigenvalue weighted by molar-refractivity contribution is -0.370. The standard InChI is InChI=1S/C23H15Cl2F4N3O2/c1-32-21(30-20(31-32)19-15(24)8-5-9-17(19)26)14-10-11-18(16(25)12-14)33-22(34-23(27,28)29)13-6-3-2-4-7-13/h2-12,22H,1H3. The number of ether oxygens (including phenoxy) is 2. The molecular formula is C23H15Cl2F4N3O2. The van der Waals surface area contributed by atoms with Crippen molar-refractivity contribution in [1.29, 1.82) is 0 Å². The van der Waals surface area contributed by atoms with Crippen molar-refractivity contribution in [2.45, 2.75) is 12.7 Å². The van der Waals surface area contributed by atoms with Gasteiger partial charge in [0.05, 0.1) is 15.6 Å². The van der Waals surface area contributed by atoms with E-state index in [9.17, 15) is 17.6 Å². The Bertz CT molecular complexity index is 1290. The van der Waals surface area contributed by atoms with Crippen molar-refractivity contribution in [1.82, 2.24) is 14.8 Å². The summed E-state index contributed by atoms with van der Waals surface area (Å²) in [6.45, 7) is 0. The molecule has 4 aromatic rings. The monoisotopic (exact) mass is 511 g/mol. The summed E-state index contributed by atoms with van der Waals surface area (Å²) in [4.78, 5) is 4.35. The zero-order chi connectivity index (χ0) is 24.5. The number of benzene rings is 3. The molecule has 1 heterocycles. The van der Waals surface area contributed by atoms with Gasteiger partial charge in [-0.15, -0.1) is 13.2 Å². The van der Waals surface area contributed by atoms with Gasteiger partial charge in [0, 0.05) is 18.2 Å². The zero-order valence-electron chi connectivity index (χ0n) is 17.4. The van der Waals surface area contributed by atoms with Crippen LogP contribution in [0.5, 0.6) is 5.75 Å². The molecule has 4 rings (SSSR count). The van der Waals surface area contributed by atoms with Gasteiger partial charge in [-0.3, -0.25) is 0 Å². The Morgan fingerprint density at radius 1 is 0.941 bits per heavy atom. The maximum absolute atomic E-state index is 14.3. The van der Waals surface area contributed by atoms with Crippen molar-refractivity contribution in [3.8, 4) is 28.5 Å². The number of rotatable bonds is 6. The van der Waals surface area contributed by atoms with Crippen LogP contribution in [0.1, 0.15) is 11.9 Å². The summed E-state index contributed by atoms with van der Waals surface area (Å²) in [5.41, 5.74) is 0.672. The lowest BCUT2D eigenvalue weighted by atomic mass is 10.2. The Morgan fingerprint density at radius 3 is 2.32 bits per heavy atom. The molecule has 0 spiro atoms. The molecule has 0 aliphatic rings. The molecule has 176 valence electrons. The molecule has 0 amide bonds. The van der Waals surface area contributed by atoms with Gasteiger partial charge in [0.15, 0.2) is 11.6 Å². The van der Waals surface area contributed by atoms with Crippen LogP contribution in [0.2, 0.25) is 10.0 Å². The molecule has 0 saturated heterocycles. The van der Waals surface area contributed by atoms with Crippen LogP contribution in [0.4, 0.5) is 17.6 Å². The molecule has 0 bridgehead atoms. The number of aryl methyl sites for hydroxylation is 1. The van der Waals surface area contributed by atoms with Gasteiger partial charge in [-0.1, -0.05) is 59.6 Å². The van der Waals surface area contributed by atoms with Crippen LogP contribution >= 0.6 is 23.2 Å². The largest absolute Gasteiger partial charge is 0.525 e. The second-order valence-electron chi connectivity index (χ2n) is 7.05. The van der Waals surface area contributed by atoms with Gasteiger partial charge in [-0.05, 0) is 30.3 Å². The Hall–Kier alpha value is -3.14. The molecule has 34 heavy (non-hydrogen) atoms. The molecule has 5 nitrogen and oxygen atoms in total. The molecule has 0 aliphatic heterocycles. The molecule has 1 atom stereocenters. The van der Waals surface area contributed by atoms with Crippen LogP contribution in [0, 0.1) is 5.82 Å². The predicted molar refractivity (Wildman–Crippen MR) is 119 cm³/mol. The highest BCUT2D eigenvalue weighted by Gasteiger charge is 2.35. The maximum atomic E-state index is 14.3. The van der Waals surface area contributed by atoms with E-state index in [0.29, 0.717) is 11.4 Å². The van der Waals surface area contributed by atoms with Crippen LogP contribution in [-0.4, -0.2) is 21.1 Å². The molecule has 11 heteroatoms. The van der Waals surface area contributed by atoms with Gasteiger partial charge in [0.1, 0.15) is 11.6 Å². The highest BCUT2D eigenvalue weighted by molar-refractivity contribution is 6.33. The fourth-order valence-corrected chi connectivity index (χ4v) is 3.67. The van der Waals surface area contributed by atoms with Crippen molar-refractivity contribution < 1.29 is 27.0 Å². The Labute approximate surface area is 201 Å². The number of aromatic nitrogens is 3. The van der Waals surface area contributed by atoms with E-state index in [2.05, 4.69) is 14.8 Å². The topological polar surface area (TPSA) is 49.2 Å². The SMILES string of the molecule is Cn1nc(-c2c(F)cccc2Cl)nc1-c1ccc(OC(OC(F)(F)F)c2ccccc2)c(Cl)c1. The third kappa shape index (κ3) is 5.32. The summed E-state index contributed by atoms with van der Waals surface area (Å²) in [5, 5.41) is 4.38. The van der Waals surface area contributed by atoms with Crippen molar-refractivity contribution in [3.63, 3.8) is 0 Å². The van der Waals surface area contributed by atoms with Crippen molar-refractivity contribution in [2.24, 2.45) is 7.05 Å². The van der Waals surface area contributed by atoms with Crippen LogP contribution in [0.15, 0.2) is 66.7 Å². The third-order valence-corrected chi connectivity index (χ3v) is 5.30. The first-order valence-electron chi connectivity index (χ1n) is 9.74. The van der Waals surface area contributed by atoms with Gasteiger partial charge in [0.25, 0.3) is 0 Å². The molecule has 1 unspecified atom stereocenters. The van der Waals surface area contributed by atoms with Gasteiger partial charge < -0.3 is 4.74 Å². The van der Waals surface area contributed by atoms with E-state index >= 15 is 0 Å². The van der Waals surface area contributed by atoms with Gasteiger partial charge in [-0.25, -0.2) is 18.8 Å². The van der Waals surface area contributed by atoms with Crippen LogP contribution in [-0.2, 0) is 11.8 Å². The zero-order valence-corrected chi connectivity index (χ0v) is 18.9. The highest BCUT2D eigenvalue weighted by Crippen LogP contribution is 2.36. The van der Waals surface area contributed by atoms with Gasteiger partial charge in [0.2, 0.25) is 6.29 Å². The molecule has 0 radical (unpaired) electrons. The molecule has 3 aromatic carbocycles.